The van der Waals surface area contributed by atoms with Gasteiger partial charge in [-0.2, -0.15) is 0 Å². The van der Waals surface area contributed by atoms with Gasteiger partial charge in [-0.15, -0.1) is 11.3 Å². The minimum atomic E-state index is -0.268. The van der Waals surface area contributed by atoms with Gasteiger partial charge in [0.05, 0.1) is 21.3 Å². The lowest BCUT2D eigenvalue weighted by Crippen LogP contribution is -2.36. The number of carbonyl (C=O) groups excluding carboxylic acids is 1. The molecule has 3 aromatic rings. The lowest BCUT2D eigenvalue weighted by molar-refractivity contribution is -0.129. The maximum absolute atomic E-state index is 13.5. The van der Waals surface area contributed by atoms with E-state index < -0.39 is 0 Å². The second kappa shape index (κ2) is 8.34. The largest absolute Gasteiger partial charge is 0.351 e. The normalized spacial score (nSPS) is 17.0. The van der Waals surface area contributed by atoms with E-state index in [0.717, 1.165) is 65.6 Å². The summed E-state index contributed by atoms with van der Waals surface area (Å²) in [6.07, 6.45) is 5.86. The molecule has 160 valence electrons. The average molecular weight is 438 g/mol. The molecule has 1 aromatic carbocycles. The molecule has 0 atom stereocenters. The zero-order valence-corrected chi connectivity index (χ0v) is 18.2. The first-order valence-corrected chi connectivity index (χ1v) is 11.5. The Labute approximate surface area is 184 Å². The number of anilines is 1. The van der Waals surface area contributed by atoms with E-state index in [1.54, 1.807) is 36.6 Å². The van der Waals surface area contributed by atoms with Crippen molar-refractivity contribution in [2.75, 3.05) is 18.4 Å². The SMILES string of the molecule is CC(=O)N1CCC(c2nc(-c3ccc(F)cc3)c(-c3ccnc(NC4CC4)n3)s2)CC1. The fraction of sp³-hybridized carbons (Fsp3) is 0.391. The first-order valence-electron chi connectivity index (χ1n) is 10.7. The summed E-state index contributed by atoms with van der Waals surface area (Å²) in [4.78, 5) is 28.6. The quantitative estimate of drug-likeness (QED) is 0.626. The van der Waals surface area contributed by atoms with Crippen LogP contribution in [0.15, 0.2) is 36.5 Å². The van der Waals surface area contributed by atoms with Gasteiger partial charge in [0.25, 0.3) is 0 Å². The van der Waals surface area contributed by atoms with Crippen LogP contribution in [0.25, 0.3) is 21.8 Å². The van der Waals surface area contributed by atoms with E-state index >= 15 is 0 Å². The molecule has 2 fully saturated rings. The predicted octanol–water partition coefficient (Wildman–Crippen LogP) is 4.71. The van der Waals surface area contributed by atoms with E-state index in [4.69, 9.17) is 9.97 Å². The number of thiazole rings is 1. The highest BCUT2D eigenvalue weighted by Crippen LogP contribution is 2.41. The number of hydrogen-bond donors (Lipinski definition) is 1. The van der Waals surface area contributed by atoms with E-state index in [1.165, 1.54) is 12.1 Å². The molecule has 5 rings (SSSR count). The Bertz CT molecular complexity index is 1090. The first kappa shape index (κ1) is 20.1. The number of nitrogens with zero attached hydrogens (tertiary/aromatic N) is 4. The molecule has 1 aliphatic carbocycles. The van der Waals surface area contributed by atoms with E-state index in [0.29, 0.717) is 17.9 Å². The van der Waals surface area contributed by atoms with Gasteiger partial charge in [-0.25, -0.2) is 19.3 Å². The molecule has 1 amide bonds. The fourth-order valence-corrected chi connectivity index (χ4v) is 5.12. The summed E-state index contributed by atoms with van der Waals surface area (Å²) >= 11 is 1.64. The van der Waals surface area contributed by atoms with Crippen molar-refractivity contribution in [3.63, 3.8) is 0 Å². The zero-order chi connectivity index (χ0) is 21.4. The van der Waals surface area contributed by atoms with Crippen molar-refractivity contribution < 1.29 is 9.18 Å². The van der Waals surface area contributed by atoms with Crippen LogP contribution < -0.4 is 5.32 Å². The lowest BCUT2D eigenvalue weighted by Gasteiger charge is -2.30. The van der Waals surface area contributed by atoms with Crippen molar-refractivity contribution in [2.24, 2.45) is 0 Å². The number of nitrogens with one attached hydrogen (secondary N) is 1. The third kappa shape index (κ3) is 4.44. The van der Waals surface area contributed by atoms with Crippen LogP contribution in [-0.4, -0.2) is 44.9 Å². The van der Waals surface area contributed by atoms with Gasteiger partial charge in [0.1, 0.15) is 5.82 Å². The molecule has 0 radical (unpaired) electrons. The number of benzene rings is 1. The Morgan fingerprint density at radius 3 is 2.52 bits per heavy atom. The minimum absolute atomic E-state index is 0.127. The van der Waals surface area contributed by atoms with E-state index in [2.05, 4.69) is 10.3 Å². The number of likely N-dealkylation sites (tertiary alicyclic amines) is 1. The van der Waals surface area contributed by atoms with Gasteiger partial charge in [0.2, 0.25) is 11.9 Å². The summed E-state index contributed by atoms with van der Waals surface area (Å²) in [5.74, 6) is 0.798. The summed E-state index contributed by atoms with van der Waals surface area (Å²) < 4.78 is 13.5. The van der Waals surface area contributed by atoms with Crippen LogP contribution in [0.2, 0.25) is 0 Å². The summed E-state index contributed by atoms with van der Waals surface area (Å²) in [7, 11) is 0. The molecule has 31 heavy (non-hydrogen) atoms. The first-order chi connectivity index (χ1) is 15.1. The number of halogens is 1. The molecule has 2 aliphatic rings. The molecule has 2 aromatic heterocycles. The van der Waals surface area contributed by atoms with Gasteiger partial charge < -0.3 is 10.2 Å². The van der Waals surface area contributed by atoms with Crippen molar-refractivity contribution in [1.82, 2.24) is 19.9 Å². The van der Waals surface area contributed by atoms with Gasteiger partial charge in [-0.3, -0.25) is 4.79 Å². The van der Waals surface area contributed by atoms with E-state index in [1.807, 2.05) is 11.0 Å². The van der Waals surface area contributed by atoms with Gasteiger partial charge in [0.15, 0.2) is 0 Å². The standard InChI is InChI=1S/C23H24FN5OS/c1-14(30)29-12-9-16(10-13-29)22-28-20(15-2-4-17(24)5-3-15)21(31-22)19-8-11-25-23(27-19)26-18-6-7-18/h2-5,8,11,16,18H,6-7,9-10,12-13H2,1H3,(H,25,26,27). The van der Waals surface area contributed by atoms with Gasteiger partial charge in [0, 0.05) is 43.7 Å². The van der Waals surface area contributed by atoms with Crippen molar-refractivity contribution in [3.05, 3.63) is 47.4 Å². The second-order valence-electron chi connectivity index (χ2n) is 8.20. The smallest absolute Gasteiger partial charge is 0.223 e. The molecular formula is C23H24FN5OS. The molecule has 1 N–H and O–H groups in total. The Morgan fingerprint density at radius 2 is 1.84 bits per heavy atom. The van der Waals surface area contributed by atoms with E-state index in [9.17, 15) is 9.18 Å². The molecule has 1 saturated heterocycles. The van der Waals surface area contributed by atoms with Crippen molar-refractivity contribution in [2.45, 2.75) is 44.6 Å². The summed E-state index contributed by atoms with van der Waals surface area (Å²) in [6, 6.07) is 8.82. The Morgan fingerprint density at radius 1 is 1.10 bits per heavy atom. The van der Waals surface area contributed by atoms with Crippen LogP contribution in [-0.2, 0) is 4.79 Å². The molecule has 6 nitrogen and oxygen atoms in total. The number of aromatic nitrogens is 3. The van der Waals surface area contributed by atoms with Crippen LogP contribution >= 0.6 is 11.3 Å². The third-order valence-electron chi connectivity index (χ3n) is 5.85. The molecule has 0 spiro atoms. The average Bonchev–Trinajstić information content (AvgIpc) is 3.48. The Balaban J connectivity index is 1.50. The molecule has 0 bridgehead atoms. The van der Waals surface area contributed by atoms with Crippen molar-refractivity contribution >= 4 is 23.2 Å². The molecule has 1 saturated carbocycles. The maximum Gasteiger partial charge on any atom is 0.223 e. The van der Waals surface area contributed by atoms with Crippen LogP contribution in [0.4, 0.5) is 10.3 Å². The number of rotatable bonds is 5. The highest BCUT2D eigenvalue weighted by molar-refractivity contribution is 7.15. The van der Waals surface area contributed by atoms with Crippen LogP contribution in [0.3, 0.4) is 0 Å². The monoisotopic (exact) mass is 437 g/mol. The highest BCUT2D eigenvalue weighted by atomic mass is 32.1. The minimum Gasteiger partial charge on any atom is -0.351 e. The van der Waals surface area contributed by atoms with Crippen molar-refractivity contribution in [3.8, 4) is 21.8 Å². The molecule has 0 unspecified atom stereocenters. The Kier molecular flexibility index (Phi) is 5.40. The number of amides is 1. The topological polar surface area (TPSA) is 71.0 Å². The highest BCUT2D eigenvalue weighted by Gasteiger charge is 2.27. The molecule has 1 aliphatic heterocycles. The second-order valence-corrected chi connectivity index (χ2v) is 9.23. The fourth-order valence-electron chi connectivity index (χ4n) is 3.89. The number of piperidine rings is 1. The summed E-state index contributed by atoms with van der Waals surface area (Å²) in [5.41, 5.74) is 2.52. The van der Waals surface area contributed by atoms with Crippen LogP contribution in [0, 0.1) is 5.82 Å². The van der Waals surface area contributed by atoms with Gasteiger partial charge in [-0.1, -0.05) is 0 Å². The van der Waals surface area contributed by atoms with Gasteiger partial charge >= 0.3 is 0 Å². The van der Waals surface area contributed by atoms with Crippen LogP contribution in [0.5, 0.6) is 0 Å². The predicted molar refractivity (Wildman–Crippen MR) is 119 cm³/mol. The lowest BCUT2D eigenvalue weighted by atomic mass is 9.97. The molecule has 3 heterocycles. The zero-order valence-electron chi connectivity index (χ0n) is 17.3. The number of hydrogen-bond acceptors (Lipinski definition) is 6. The van der Waals surface area contributed by atoms with E-state index in [-0.39, 0.29) is 11.7 Å². The van der Waals surface area contributed by atoms with Gasteiger partial charge in [-0.05, 0) is 56.0 Å². The van der Waals surface area contributed by atoms with Crippen molar-refractivity contribution in [1.29, 1.82) is 0 Å². The maximum atomic E-state index is 13.5. The summed E-state index contributed by atoms with van der Waals surface area (Å²) in [5, 5.41) is 4.40. The van der Waals surface area contributed by atoms with Crippen LogP contribution in [0.1, 0.15) is 43.5 Å². The summed E-state index contributed by atoms with van der Waals surface area (Å²) in [6.45, 7) is 3.13. The molecule has 8 heteroatoms. The third-order valence-corrected chi connectivity index (χ3v) is 7.09. The molecular weight excluding hydrogens is 413 g/mol. The number of carbonyl (C=O) groups is 1. The Hall–Kier alpha value is -2.87.